The van der Waals surface area contributed by atoms with E-state index in [9.17, 15) is 19.1 Å². The molecule has 1 saturated heterocycles. The van der Waals surface area contributed by atoms with Crippen molar-refractivity contribution in [3.63, 3.8) is 0 Å². The van der Waals surface area contributed by atoms with Crippen LogP contribution in [-0.4, -0.2) is 34.2 Å². The van der Waals surface area contributed by atoms with E-state index in [4.69, 9.17) is 4.74 Å². The van der Waals surface area contributed by atoms with Crippen LogP contribution in [0.1, 0.15) is 0 Å². The first kappa shape index (κ1) is 12.8. The number of benzene rings is 1. The molecule has 0 spiro atoms. The maximum Gasteiger partial charge on any atom is 0.287 e. The Labute approximate surface area is 106 Å². The number of amides is 1. The molecule has 7 heteroatoms. The number of ether oxygens (including phenoxy) is 1. The molecule has 0 bridgehead atoms. The number of nitrogens with one attached hydrogen (secondary N) is 1. The summed E-state index contributed by atoms with van der Waals surface area (Å²) in [5, 5.41) is 11.1. The van der Waals surface area contributed by atoms with Gasteiger partial charge in [0.15, 0.2) is 0 Å². The molecule has 2 atom stereocenters. The van der Waals surface area contributed by atoms with E-state index in [0.717, 1.165) is 0 Å². The van der Waals surface area contributed by atoms with Gasteiger partial charge in [-0.05, 0) is 24.3 Å². The fourth-order valence-electron chi connectivity index (χ4n) is 1.43. The van der Waals surface area contributed by atoms with Crippen LogP contribution in [0, 0.1) is 5.82 Å². The van der Waals surface area contributed by atoms with Crippen LogP contribution in [0.15, 0.2) is 24.3 Å². The van der Waals surface area contributed by atoms with E-state index in [1.165, 1.54) is 24.3 Å². The van der Waals surface area contributed by atoms with Crippen molar-refractivity contribution in [2.45, 2.75) is 12.1 Å². The third-order valence-corrected chi connectivity index (χ3v) is 3.10. The van der Waals surface area contributed by atoms with E-state index in [0.29, 0.717) is 17.5 Å². The van der Waals surface area contributed by atoms with E-state index < -0.39 is 28.3 Å². The molecule has 0 aliphatic carbocycles. The Bertz CT molecular complexity index is 465. The second-order valence-electron chi connectivity index (χ2n) is 3.66. The van der Waals surface area contributed by atoms with Gasteiger partial charge in [0.05, 0.1) is 0 Å². The minimum absolute atomic E-state index is 0.164. The van der Waals surface area contributed by atoms with E-state index in [1.807, 2.05) is 0 Å². The monoisotopic (exact) mass is 271 g/mol. The summed E-state index contributed by atoms with van der Waals surface area (Å²) in [5.41, 5.74) is 0. The lowest BCUT2D eigenvalue weighted by atomic mass is 10.2. The summed E-state index contributed by atoms with van der Waals surface area (Å²) in [7, 11) is 0. The molecule has 0 radical (unpaired) electrons. The zero-order chi connectivity index (χ0) is 13.1. The molecular weight excluding hydrogens is 261 g/mol. The Morgan fingerprint density at radius 1 is 1.39 bits per heavy atom. The quantitative estimate of drug-likeness (QED) is 0.851. The van der Waals surface area contributed by atoms with Crippen LogP contribution in [0.4, 0.5) is 9.18 Å². The van der Waals surface area contributed by atoms with Crippen molar-refractivity contribution in [1.82, 2.24) is 5.32 Å². The lowest BCUT2D eigenvalue weighted by Gasteiger charge is -2.16. The molecule has 0 aromatic heterocycles. The van der Waals surface area contributed by atoms with Crippen molar-refractivity contribution in [2.24, 2.45) is 0 Å². The van der Waals surface area contributed by atoms with Crippen molar-refractivity contribution in [2.75, 3.05) is 6.61 Å². The largest absolute Gasteiger partial charge is 0.491 e. The van der Waals surface area contributed by atoms with Crippen molar-refractivity contribution in [3.05, 3.63) is 30.1 Å². The van der Waals surface area contributed by atoms with Gasteiger partial charge >= 0.3 is 0 Å². The molecule has 1 aromatic carbocycles. The summed E-state index contributed by atoms with van der Waals surface area (Å²) in [6.07, 6.45) is -1.14. The zero-order valence-electron chi connectivity index (χ0n) is 9.13. The number of carbonyl (C=O) groups excluding carboxylic acids is 2. The first-order valence-electron chi connectivity index (χ1n) is 5.15. The molecule has 18 heavy (non-hydrogen) atoms. The van der Waals surface area contributed by atoms with Crippen molar-refractivity contribution >= 4 is 22.1 Å². The van der Waals surface area contributed by atoms with Crippen LogP contribution in [0.3, 0.4) is 0 Å². The molecule has 2 rings (SSSR count). The lowest BCUT2D eigenvalue weighted by Crippen LogP contribution is -2.43. The maximum absolute atomic E-state index is 12.6. The predicted molar refractivity (Wildman–Crippen MR) is 62.8 cm³/mol. The highest BCUT2D eigenvalue weighted by Crippen LogP contribution is 2.19. The third kappa shape index (κ3) is 2.99. The number of hydrogen-bond donors (Lipinski definition) is 2. The second-order valence-corrected chi connectivity index (χ2v) is 4.64. The highest BCUT2D eigenvalue weighted by molar-refractivity contribution is 8.26. The third-order valence-electron chi connectivity index (χ3n) is 2.34. The SMILES string of the molecule is O=C1NC(C(O)COc2ccc(F)cc2)C(=O)S1. The van der Waals surface area contributed by atoms with Gasteiger partial charge in [-0.25, -0.2) is 4.39 Å². The summed E-state index contributed by atoms with van der Waals surface area (Å²) in [6, 6.07) is 4.31. The second kappa shape index (κ2) is 5.36. The van der Waals surface area contributed by atoms with Crippen LogP contribution in [0.5, 0.6) is 5.75 Å². The van der Waals surface area contributed by atoms with Crippen molar-refractivity contribution in [1.29, 1.82) is 0 Å². The van der Waals surface area contributed by atoms with Gasteiger partial charge in [0, 0.05) is 11.8 Å². The van der Waals surface area contributed by atoms with Gasteiger partial charge in [0.25, 0.3) is 5.24 Å². The smallest absolute Gasteiger partial charge is 0.287 e. The van der Waals surface area contributed by atoms with Crippen molar-refractivity contribution in [3.8, 4) is 5.75 Å². The van der Waals surface area contributed by atoms with Gasteiger partial charge in [-0.1, -0.05) is 0 Å². The topological polar surface area (TPSA) is 75.6 Å². The van der Waals surface area contributed by atoms with E-state index >= 15 is 0 Å². The number of rotatable bonds is 4. The molecule has 1 aromatic rings. The van der Waals surface area contributed by atoms with Gasteiger partial charge in [-0.15, -0.1) is 0 Å². The van der Waals surface area contributed by atoms with Gasteiger partial charge in [0.2, 0.25) is 5.12 Å². The Morgan fingerprint density at radius 3 is 2.61 bits per heavy atom. The summed E-state index contributed by atoms with van der Waals surface area (Å²) >= 11 is 0.526. The summed E-state index contributed by atoms with van der Waals surface area (Å²) < 4.78 is 17.8. The Morgan fingerprint density at radius 2 is 2.06 bits per heavy atom. The number of thioether (sulfide) groups is 1. The molecule has 96 valence electrons. The first-order chi connectivity index (χ1) is 8.56. The molecule has 1 aliphatic heterocycles. The molecule has 2 N–H and O–H groups in total. The number of hydrogen-bond acceptors (Lipinski definition) is 5. The van der Waals surface area contributed by atoms with E-state index in [-0.39, 0.29) is 6.61 Å². The van der Waals surface area contributed by atoms with E-state index in [2.05, 4.69) is 5.32 Å². The Hall–Kier alpha value is -1.60. The fraction of sp³-hybridized carbons (Fsp3) is 0.273. The lowest BCUT2D eigenvalue weighted by molar-refractivity contribution is -0.114. The van der Waals surface area contributed by atoms with Crippen LogP contribution < -0.4 is 10.1 Å². The van der Waals surface area contributed by atoms with Crippen molar-refractivity contribution < 1.29 is 23.8 Å². The fourth-order valence-corrected chi connectivity index (χ4v) is 2.14. The minimum atomic E-state index is -1.14. The summed E-state index contributed by atoms with van der Waals surface area (Å²) in [4.78, 5) is 22.2. The summed E-state index contributed by atoms with van der Waals surface area (Å²) in [5.74, 6) is -0.0163. The van der Waals surface area contributed by atoms with Gasteiger partial charge in [0.1, 0.15) is 30.3 Å². The Kier molecular flexibility index (Phi) is 3.83. The zero-order valence-corrected chi connectivity index (χ0v) is 9.95. The molecule has 0 saturated carbocycles. The highest BCUT2D eigenvalue weighted by Gasteiger charge is 2.36. The standard InChI is InChI=1S/C11H10FNO4S/c12-6-1-3-7(4-2-6)17-5-8(14)9-10(15)18-11(16)13-9/h1-4,8-9,14H,5H2,(H,13,16). The van der Waals surface area contributed by atoms with Gasteiger partial charge in [-0.3, -0.25) is 9.59 Å². The number of carbonyl (C=O) groups is 2. The van der Waals surface area contributed by atoms with Crippen LogP contribution in [-0.2, 0) is 4.79 Å². The molecule has 1 fully saturated rings. The van der Waals surface area contributed by atoms with Crippen LogP contribution >= 0.6 is 11.8 Å². The average Bonchev–Trinajstić information content (AvgIpc) is 2.67. The van der Waals surface area contributed by atoms with Crippen LogP contribution in [0.2, 0.25) is 0 Å². The number of halogens is 1. The normalized spacial score (nSPS) is 20.7. The molecule has 1 amide bonds. The average molecular weight is 271 g/mol. The van der Waals surface area contributed by atoms with Gasteiger partial charge in [-0.2, -0.15) is 0 Å². The first-order valence-corrected chi connectivity index (χ1v) is 5.96. The molecular formula is C11H10FNO4S. The minimum Gasteiger partial charge on any atom is -0.491 e. The van der Waals surface area contributed by atoms with Crippen LogP contribution in [0.25, 0.3) is 0 Å². The number of aliphatic hydroxyl groups excluding tert-OH is 1. The molecule has 5 nitrogen and oxygen atoms in total. The molecule has 1 heterocycles. The highest BCUT2D eigenvalue weighted by atomic mass is 32.2. The maximum atomic E-state index is 12.6. The molecule has 2 unspecified atom stereocenters. The predicted octanol–water partition coefficient (Wildman–Crippen LogP) is 0.917. The molecule has 1 aliphatic rings. The number of aliphatic hydroxyl groups is 1. The van der Waals surface area contributed by atoms with E-state index in [1.54, 1.807) is 0 Å². The summed E-state index contributed by atoms with van der Waals surface area (Å²) in [6.45, 7) is -0.164. The van der Waals surface area contributed by atoms with Gasteiger partial charge < -0.3 is 15.2 Å². The Balaban J connectivity index is 1.88.